The molecule has 106 valence electrons. The second-order valence-electron chi connectivity index (χ2n) is 5.95. The fourth-order valence-electron chi connectivity index (χ4n) is 3.45. The topological polar surface area (TPSA) is 24.5 Å². The van der Waals surface area contributed by atoms with E-state index in [2.05, 4.69) is 24.2 Å². The van der Waals surface area contributed by atoms with Crippen LogP contribution in [0.1, 0.15) is 51.9 Å². The van der Waals surface area contributed by atoms with E-state index in [1.807, 2.05) is 0 Å². The van der Waals surface area contributed by atoms with E-state index in [0.717, 1.165) is 25.8 Å². The molecule has 18 heavy (non-hydrogen) atoms. The van der Waals surface area contributed by atoms with Crippen LogP contribution in [0.2, 0.25) is 0 Å². The highest BCUT2D eigenvalue weighted by molar-refractivity contribution is 4.89. The molecule has 2 atom stereocenters. The van der Waals surface area contributed by atoms with Gasteiger partial charge in [-0.2, -0.15) is 0 Å². The average Bonchev–Trinajstić information content (AvgIpc) is 2.45. The molecular weight excluding hydrogens is 224 g/mol. The minimum absolute atomic E-state index is 0.577. The molecule has 1 aliphatic heterocycles. The molecule has 0 amide bonds. The lowest BCUT2D eigenvalue weighted by Crippen LogP contribution is -2.57. The third kappa shape index (κ3) is 3.69. The van der Waals surface area contributed by atoms with Crippen LogP contribution in [0.5, 0.6) is 0 Å². The molecule has 2 rings (SSSR count). The van der Waals surface area contributed by atoms with Crippen LogP contribution in [-0.4, -0.2) is 49.8 Å². The number of rotatable bonds is 5. The van der Waals surface area contributed by atoms with Crippen LogP contribution in [-0.2, 0) is 4.74 Å². The molecule has 1 saturated heterocycles. The van der Waals surface area contributed by atoms with Gasteiger partial charge in [-0.1, -0.05) is 26.2 Å². The maximum atomic E-state index is 5.72. The van der Waals surface area contributed by atoms with Gasteiger partial charge in [0.25, 0.3) is 0 Å². The third-order valence-corrected chi connectivity index (χ3v) is 4.66. The zero-order chi connectivity index (χ0) is 12.8. The summed E-state index contributed by atoms with van der Waals surface area (Å²) >= 11 is 0. The first-order valence-corrected chi connectivity index (χ1v) is 7.86. The van der Waals surface area contributed by atoms with Crippen molar-refractivity contribution < 1.29 is 4.74 Å². The SMILES string of the molecule is CCCNC1CCOCC1N(C)C1CCCCC1. The van der Waals surface area contributed by atoms with Crippen molar-refractivity contribution >= 4 is 0 Å². The Morgan fingerprint density at radius 1 is 1.17 bits per heavy atom. The molecule has 3 heteroatoms. The molecule has 0 aromatic rings. The maximum absolute atomic E-state index is 5.72. The molecule has 2 unspecified atom stereocenters. The van der Waals surface area contributed by atoms with E-state index in [1.165, 1.54) is 44.9 Å². The Morgan fingerprint density at radius 3 is 2.67 bits per heavy atom. The van der Waals surface area contributed by atoms with E-state index in [1.54, 1.807) is 0 Å². The fraction of sp³-hybridized carbons (Fsp3) is 1.00. The Labute approximate surface area is 112 Å². The van der Waals surface area contributed by atoms with Crippen LogP contribution in [0.15, 0.2) is 0 Å². The summed E-state index contributed by atoms with van der Waals surface area (Å²) in [5, 5.41) is 3.72. The van der Waals surface area contributed by atoms with Crippen molar-refractivity contribution in [3.05, 3.63) is 0 Å². The summed E-state index contributed by atoms with van der Waals surface area (Å²) in [4.78, 5) is 2.62. The highest BCUT2D eigenvalue weighted by atomic mass is 16.5. The minimum Gasteiger partial charge on any atom is -0.380 e. The molecule has 2 aliphatic rings. The van der Waals surface area contributed by atoms with Gasteiger partial charge in [0.2, 0.25) is 0 Å². The monoisotopic (exact) mass is 254 g/mol. The van der Waals surface area contributed by atoms with Crippen LogP contribution < -0.4 is 5.32 Å². The van der Waals surface area contributed by atoms with Gasteiger partial charge in [-0.15, -0.1) is 0 Å². The van der Waals surface area contributed by atoms with Gasteiger partial charge in [-0.25, -0.2) is 0 Å². The minimum atomic E-state index is 0.577. The first-order valence-electron chi connectivity index (χ1n) is 7.86. The molecule has 1 N–H and O–H groups in total. The lowest BCUT2D eigenvalue weighted by atomic mass is 9.91. The van der Waals surface area contributed by atoms with Gasteiger partial charge >= 0.3 is 0 Å². The predicted molar refractivity (Wildman–Crippen MR) is 75.9 cm³/mol. The van der Waals surface area contributed by atoms with Crippen molar-refractivity contribution in [1.29, 1.82) is 0 Å². The Kier molecular flexibility index (Phi) is 5.93. The molecule has 0 aromatic carbocycles. The summed E-state index contributed by atoms with van der Waals surface area (Å²) in [6, 6.07) is 2.00. The van der Waals surface area contributed by atoms with Crippen molar-refractivity contribution in [2.45, 2.75) is 70.0 Å². The lowest BCUT2D eigenvalue weighted by Gasteiger charge is -2.43. The third-order valence-electron chi connectivity index (χ3n) is 4.66. The zero-order valence-corrected chi connectivity index (χ0v) is 12.2. The van der Waals surface area contributed by atoms with E-state index in [0.29, 0.717) is 12.1 Å². The lowest BCUT2D eigenvalue weighted by molar-refractivity contribution is -0.0139. The standard InChI is InChI=1S/C15H30N2O/c1-3-10-16-14-9-11-18-12-15(14)17(2)13-7-5-4-6-8-13/h13-16H,3-12H2,1-2H3. The second-order valence-corrected chi connectivity index (χ2v) is 5.95. The molecule has 0 aromatic heterocycles. The first-order chi connectivity index (χ1) is 8.83. The van der Waals surface area contributed by atoms with E-state index < -0.39 is 0 Å². The average molecular weight is 254 g/mol. The smallest absolute Gasteiger partial charge is 0.0637 e. The largest absolute Gasteiger partial charge is 0.380 e. The summed E-state index contributed by atoms with van der Waals surface area (Å²) in [5.41, 5.74) is 0. The number of likely N-dealkylation sites (N-methyl/N-ethyl adjacent to an activating group) is 1. The highest BCUT2D eigenvalue weighted by Gasteiger charge is 2.32. The van der Waals surface area contributed by atoms with Gasteiger partial charge in [-0.3, -0.25) is 4.90 Å². The van der Waals surface area contributed by atoms with E-state index in [-0.39, 0.29) is 0 Å². The molecule has 0 spiro atoms. The summed E-state index contributed by atoms with van der Waals surface area (Å²) < 4.78 is 5.72. The quantitative estimate of drug-likeness (QED) is 0.815. The van der Waals surface area contributed by atoms with Gasteiger partial charge in [0.15, 0.2) is 0 Å². The first kappa shape index (κ1) is 14.3. The molecule has 3 nitrogen and oxygen atoms in total. The number of ether oxygens (including phenoxy) is 1. The highest BCUT2D eigenvalue weighted by Crippen LogP contribution is 2.25. The van der Waals surface area contributed by atoms with Crippen LogP contribution in [0.4, 0.5) is 0 Å². The van der Waals surface area contributed by atoms with Gasteiger partial charge in [0.1, 0.15) is 0 Å². The van der Waals surface area contributed by atoms with Crippen LogP contribution in [0.3, 0.4) is 0 Å². The second kappa shape index (κ2) is 7.46. The zero-order valence-electron chi connectivity index (χ0n) is 12.2. The Bertz CT molecular complexity index is 229. The Balaban J connectivity index is 1.89. The summed E-state index contributed by atoms with van der Waals surface area (Å²) in [6.45, 7) is 5.22. The Morgan fingerprint density at radius 2 is 1.94 bits per heavy atom. The van der Waals surface area contributed by atoms with Gasteiger partial charge in [0, 0.05) is 24.7 Å². The molecule has 0 radical (unpaired) electrons. The van der Waals surface area contributed by atoms with Crippen molar-refractivity contribution in [3.8, 4) is 0 Å². The van der Waals surface area contributed by atoms with E-state index in [9.17, 15) is 0 Å². The number of hydrogen-bond donors (Lipinski definition) is 1. The van der Waals surface area contributed by atoms with Gasteiger partial charge in [0.05, 0.1) is 6.61 Å². The van der Waals surface area contributed by atoms with Crippen LogP contribution in [0, 0.1) is 0 Å². The van der Waals surface area contributed by atoms with Crippen molar-refractivity contribution in [2.24, 2.45) is 0 Å². The van der Waals surface area contributed by atoms with Crippen molar-refractivity contribution in [2.75, 3.05) is 26.8 Å². The van der Waals surface area contributed by atoms with Gasteiger partial charge in [-0.05, 0) is 39.3 Å². The van der Waals surface area contributed by atoms with E-state index in [4.69, 9.17) is 4.74 Å². The summed E-state index contributed by atoms with van der Waals surface area (Å²) in [7, 11) is 2.32. The molecule has 2 fully saturated rings. The van der Waals surface area contributed by atoms with E-state index >= 15 is 0 Å². The number of nitrogens with one attached hydrogen (secondary N) is 1. The van der Waals surface area contributed by atoms with Crippen LogP contribution >= 0.6 is 0 Å². The molecular formula is C15H30N2O. The number of nitrogens with zero attached hydrogens (tertiary/aromatic N) is 1. The molecule has 1 heterocycles. The van der Waals surface area contributed by atoms with Crippen molar-refractivity contribution in [3.63, 3.8) is 0 Å². The Hall–Kier alpha value is -0.120. The maximum Gasteiger partial charge on any atom is 0.0637 e. The number of hydrogen-bond acceptors (Lipinski definition) is 3. The van der Waals surface area contributed by atoms with Crippen molar-refractivity contribution in [1.82, 2.24) is 10.2 Å². The summed E-state index contributed by atoms with van der Waals surface area (Å²) in [6.07, 6.45) is 9.41. The van der Waals surface area contributed by atoms with Crippen LogP contribution in [0.25, 0.3) is 0 Å². The van der Waals surface area contributed by atoms with Gasteiger partial charge < -0.3 is 10.1 Å². The fourth-order valence-corrected chi connectivity index (χ4v) is 3.45. The normalized spacial score (nSPS) is 30.8. The summed E-state index contributed by atoms with van der Waals surface area (Å²) in [5.74, 6) is 0. The molecule has 0 bridgehead atoms. The molecule has 1 saturated carbocycles. The predicted octanol–water partition coefficient (Wildman–Crippen LogP) is 2.41. The molecule has 1 aliphatic carbocycles.